The van der Waals surface area contributed by atoms with Crippen molar-refractivity contribution in [2.24, 2.45) is 0 Å². The number of hydrogen-bond acceptors (Lipinski definition) is 5. The summed E-state index contributed by atoms with van der Waals surface area (Å²) in [5, 5.41) is 0. The number of nitrogens with one attached hydrogen (secondary N) is 1. The summed E-state index contributed by atoms with van der Waals surface area (Å²) in [5.74, 6) is 0.854. The molecule has 1 N–H and O–H groups in total. The van der Waals surface area contributed by atoms with Crippen molar-refractivity contribution in [1.82, 2.24) is 14.6 Å². The summed E-state index contributed by atoms with van der Waals surface area (Å²) in [6.45, 7) is 0.470. The second-order valence-corrected chi connectivity index (χ2v) is 7.57. The molecule has 1 atom stereocenters. The van der Waals surface area contributed by atoms with Gasteiger partial charge in [-0.2, -0.15) is 4.72 Å². The highest BCUT2D eigenvalue weighted by Gasteiger charge is 2.28. The van der Waals surface area contributed by atoms with Gasteiger partial charge in [-0.1, -0.05) is 12.2 Å². The maximum Gasteiger partial charge on any atom is 0.241 e. The Morgan fingerprint density at radius 2 is 1.73 bits per heavy atom. The van der Waals surface area contributed by atoms with Crippen LogP contribution in [-0.2, 0) is 14.8 Å². The van der Waals surface area contributed by atoms with E-state index in [1.54, 1.807) is 49.8 Å². The van der Waals surface area contributed by atoms with Gasteiger partial charge in [0.05, 0.1) is 4.90 Å². The lowest BCUT2D eigenvalue weighted by Gasteiger charge is -2.20. The second-order valence-electron chi connectivity index (χ2n) is 5.86. The Hall–Kier alpha value is -2.71. The van der Waals surface area contributed by atoms with Gasteiger partial charge in [-0.05, 0) is 42.8 Å². The lowest BCUT2D eigenvalue weighted by Crippen LogP contribution is -2.46. The minimum absolute atomic E-state index is 0.0725. The average molecular weight is 373 g/mol. The summed E-state index contributed by atoms with van der Waals surface area (Å²) in [6, 6.07) is 8.61. The molecule has 2 aromatic rings. The molecule has 0 radical (unpaired) electrons. The number of hydrogen-bond donors (Lipinski definition) is 1. The zero-order valence-electron chi connectivity index (χ0n) is 14.2. The van der Waals surface area contributed by atoms with Crippen LogP contribution >= 0.6 is 0 Å². The molecule has 7 nitrogen and oxygen atoms in total. The molecule has 1 aromatic carbocycles. The zero-order chi connectivity index (χ0) is 18.6. The lowest BCUT2D eigenvalue weighted by molar-refractivity contribution is -0.130. The summed E-state index contributed by atoms with van der Waals surface area (Å²) in [5.41, 5.74) is 0. The molecule has 0 unspecified atom stereocenters. The third-order valence-corrected chi connectivity index (χ3v) is 5.40. The third kappa shape index (κ3) is 4.27. The number of sulfonamides is 1. The molecular weight excluding hydrogens is 354 g/mol. The number of nitrogens with zero attached hydrogens (tertiary/aromatic N) is 2. The van der Waals surface area contributed by atoms with Gasteiger partial charge in [0.2, 0.25) is 15.9 Å². The van der Waals surface area contributed by atoms with Crippen LogP contribution in [0.2, 0.25) is 0 Å². The van der Waals surface area contributed by atoms with Gasteiger partial charge in [-0.3, -0.25) is 9.78 Å². The average Bonchev–Trinajstić information content (AvgIpc) is 2.78. The molecule has 1 aromatic heterocycles. The molecule has 0 aliphatic carbocycles. The number of aromatic nitrogens is 1. The van der Waals surface area contributed by atoms with E-state index < -0.39 is 16.1 Å². The van der Waals surface area contributed by atoms with E-state index in [1.165, 1.54) is 17.0 Å². The summed E-state index contributed by atoms with van der Waals surface area (Å²) in [7, 11) is -2.18. The van der Waals surface area contributed by atoms with Gasteiger partial charge in [-0.15, -0.1) is 0 Å². The Labute approximate surface area is 152 Å². The molecule has 8 heteroatoms. The van der Waals surface area contributed by atoms with Gasteiger partial charge in [0.25, 0.3) is 0 Å². The van der Waals surface area contributed by atoms with Crippen molar-refractivity contribution in [3.63, 3.8) is 0 Å². The van der Waals surface area contributed by atoms with Crippen molar-refractivity contribution in [2.75, 3.05) is 13.6 Å². The van der Waals surface area contributed by atoms with Gasteiger partial charge in [0.1, 0.15) is 17.5 Å². The van der Waals surface area contributed by atoms with E-state index in [4.69, 9.17) is 4.74 Å². The van der Waals surface area contributed by atoms with Crippen molar-refractivity contribution >= 4 is 15.9 Å². The van der Waals surface area contributed by atoms with E-state index in [1.807, 2.05) is 6.08 Å². The molecule has 1 aliphatic rings. The predicted molar refractivity (Wildman–Crippen MR) is 96.3 cm³/mol. The highest BCUT2D eigenvalue weighted by atomic mass is 32.2. The third-order valence-electron chi connectivity index (χ3n) is 3.91. The summed E-state index contributed by atoms with van der Waals surface area (Å²) in [6.07, 6.45) is 7.18. The quantitative estimate of drug-likeness (QED) is 0.809. The Morgan fingerprint density at radius 3 is 2.42 bits per heavy atom. The molecule has 2 heterocycles. The molecule has 1 aliphatic heterocycles. The molecule has 3 rings (SSSR count). The van der Waals surface area contributed by atoms with E-state index in [-0.39, 0.29) is 10.8 Å². The van der Waals surface area contributed by atoms with Crippen LogP contribution in [-0.4, -0.2) is 43.8 Å². The molecule has 0 bridgehead atoms. The molecule has 0 spiro atoms. The van der Waals surface area contributed by atoms with Crippen molar-refractivity contribution in [3.05, 3.63) is 60.9 Å². The molecule has 0 fully saturated rings. The van der Waals surface area contributed by atoms with Crippen molar-refractivity contribution < 1.29 is 17.9 Å². The normalized spacial score (nSPS) is 17.8. The smallest absolute Gasteiger partial charge is 0.241 e. The predicted octanol–water partition coefficient (Wildman–Crippen LogP) is 1.94. The summed E-state index contributed by atoms with van der Waals surface area (Å²) in [4.78, 5) is 17.7. The highest BCUT2D eigenvalue weighted by Crippen LogP contribution is 2.22. The number of ether oxygens (including phenoxy) is 1. The van der Waals surface area contributed by atoms with Crippen LogP contribution in [0.1, 0.15) is 6.42 Å². The number of amides is 1. The summed E-state index contributed by atoms with van der Waals surface area (Å²) >= 11 is 0. The first kappa shape index (κ1) is 18.1. The Kier molecular flexibility index (Phi) is 5.34. The minimum Gasteiger partial charge on any atom is -0.457 e. The van der Waals surface area contributed by atoms with Crippen LogP contribution in [0.25, 0.3) is 0 Å². The maximum atomic E-state index is 12.6. The van der Waals surface area contributed by atoms with E-state index >= 15 is 0 Å². The number of pyridine rings is 1. The fraction of sp³-hybridized carbons (Fsp3) is 0.222. The van der Waals surface area contributed by atoms with Crippen LogP contribution in [0.4, 0.5) is 0 Å². The number of benzene rings is 1. The molecular formula is C18H19N3O4S. The van der Waals surface area contributed by atoms with Crippen molar-refractivity contribution in [3.8, 4) is 11.5 Å². The van der Waals surface area contributed by atoms with E-state index in [0.717, 1.165) is 0 Å². The van der Waals surface area contributed by atoms with Crippen LogP contribution in [0.3, 0.4) is 0 Å². The second kappa shape index (κ2) is 7.67. The van der Waals surface area contributed by atoms with Gasteiger partial charge in [0, 0.05) is 26.0 Å². The Balaban J connectivity index is 1.73. The Bertz CT molecular complexity index is 896. The highest BCUT2D eigenvalue weighted by molar-refractivity contribution is 7.89. The number of likely N-dealkylation sites (N-methyl/N-ethyl adjacent to an activating group) is 1. The standard InChI is InChI=1S/C18H19N3O4S/c1-21-13-3-2-4-17(18(21)22)20-26(23,24)16-7-5-14(6-8-16)25-15-9-11-19-12-10-15/h2-3,5-12,17,20H,4,13H2,1H3/t17-/m1/s1. The van der Waals surface area contributed by atoms with E-state index in [2.05, 4.69) is 9.71 Å². The van der Waals surface area contributed by atoms with Gasteiger partial charge >= 0.3 is 0 Å². The van der Waals surface area contributed by atoms with Crippen molar-refractivity contribution in [2.45, 2.75) is 17.4 Å². The molecule has 0 saturated carbocycles. The number of rotatable bonds is 5. The maximum absolute atomic E-state index is 12.6. The topological polar surface area (TPSA) is 88.6 Å². The van der Waals surface area contributed by atoms with Crippen LogP contribution in [0.5, 0.6) is 11.5 Å². The van der Waals surface area contributed by atoms with Crippen LogP contribution in [0, 0.1) is 0 Å². The largest absolute Gasteiger partial charge is 0.457 e. The first-order chi connectivity index (χ1) is 12.5. The van der Waals surface area contributed by atoms with Gasteiger partial charge in [-0.25, -0.2) is 8.42 Å². The SMILES string of the molecule is CN1CC=CC[C@@H](NS(=O)(=O)c2ccc(Oc3ccncc3)cc2)C1=O. The van der Waals surface area contributed by atoms with Crippen LogP contribution in [0.15, 0.2) is 65.8 Å². The van der Waals surface area contributed by atoms with Gasteiger partial charge < -0.3 is 9.64 Å². The first-order valence-electron chi connectivity index (χ1n) is 8.06. The summed E-state index contributed by atoms with van der Waals surface area (Å²) < 4.78 is 33.3. The fourth-order valence-corrected chi connectivity index (χ4v) is 3.71. The monoisotopic (exact) mass is 373 g/mol. The first-order valence-corrected chi connectivity index (χ1v) is 9.54. The fourth-order valence-electron chi connectivity index (χ4n) is 2.50. The number of carbonyl (C=O) groups is 1. The molecule has 26 heavy (non-hydrogen) atoms. The molecule has 1 amide bonds. The minimum atomic E-state index is -3.82. The van der Waals surface area contributed by atoms with Gasteiger partial charge in [0.15, 0.2) is 0 Å². The number of carbonyl (C=O) groups excluding carboxylic acids is 1. The van der Waals surface area contributed by atoms with Crippen molar-refractivity contribution in [1.29, 1.82) is 0 Å². The molecule has 136 valence electrons. The molecule has 0 saturated heterocycles. The Morgan fingerprint density at radius 1 is 1.08 bits per heavy atom. The van der Waals surface area contributed by atoms with Crippen LogP contribution < -0.4 is 9.46 Å². The zero-order valence-corrected chi connectivity index (χ0v) is 15.0. The van der Waals surface area contributed by atoms with E-state index in [0.29, 0.717) is 24.5 Å². The van der Waals surface area contributed by atoms with E-state index in [9.17, 15) is 13.2 Å². The lowest BCUT2D eigenvalue weighted by atomic mass is 10.2.